The Hall–Kier alpha value is -1.58. The number of hydrogen-bond acceptors (Lipinski definition) is 3. The third kappa shape index (κ3) is 1.90. The summed E-state index contributed by atoms with van der Waals surface area (Å²) in [7, 11) is 0. The summed E-state index contributed by atoms with van der Waals surface area (Å²) in [5.41, 5.74) is 4.79. The van der Waals surface area contributed by atoms with E-state index in [0.29, 0.717) is 0 Å². The van der Waals surface area contributed by atoms with Crippen LogP contribution in [0.2, 0.25) is 5.02 Å². The Morgan fingerprint density at radius 3 is 3.05 bits per heavy atom. The van der Waals surface area contributed by atoms with Crippen LogP contribution in [-0.4, -0.2) is 11.5 Å². The number of aromatic nitrogens is 1. The fourth-order valence-corrected chi connectivity index (χ4v) is 3.56. The highest BCUT2D eigenvalue weighted by Crippen LogP contribution is 2.34. The molecule has 0 fully saturated rings. The van der Waals surface area contributed by atoms with E-state index in [4.69, 9.17) is 11.6 Å². The molecule has 0 unspecified atom stereocenters. The van der Waals surface area contributed by atoms with Gasteiger partial charge in [0.2, 0.25) is 0 Å². The molecule has 19 heavy (non-hydrogen) atoms. The minimum absolute atomic E-state index is 0.736. The number of benzene rings is 2. The minimum atomic E-state index is 0.736. The monoisotopic (exact) mass is 286 g/mol. The molecule has 1 aliphatic heterocycles. The van der Waals surface area contributed by atoms with Gasteiger partial charge in [0.25, 0.3) is 0 Å². The first-order chi connectivity index (χ1) is 9.29. The van der Waals surface area contributed by atoms with E-state index in [1.54, 1.807) is 11.3 Å². The molecule has 94 valence electrons. The first-order valence-corrected chi connectivity index (χ1v) is 7.42. The van der Waals surface area contributed by atoms with E-state index < -0.39 is 0 Å². The molecule has 0 radical (unpaired) electrons. The molecule has 1 N–H and O–H groups in total. The largest absolute Gasteiger partial charge is 0.384 e. The van der Waals surface area contributed by atoms with Crippen molar-refractivity contribution in [3.8, 4) is 10.6 Å². The standard InChI is InChI=1S/C15H11ClN2S/c16-11-3-4-14-13(8-11)18-15(19-14)10-2-1-9-5-6-17-12(9)7-10/h1-4,7-8,17H,5-6H2. The van der Waals surface area contributed by atoms with E-state index in [1.807, 2.05) is 18.2 Å². The summed E-state index contributed by atoms with van der Waals surface area (Å²) >= 11 is 7.71. The first kappa shape index (κ1) is 11.3. The maximum absolute atomic E-state index is 6.01. The van der Waals surface area contributed by atoms with Crippen molar-refractivity contribution < 1.29 is 0 Å². The normalized spacial score (nSPS) is 13.5. The highest BCUT2D eigenvalue weighted by Gasteiger charge is 2.12. The molecule has 0 saturated heterocycles. The molecule has 1 aromatic heterocycles. The van der Waals surface area contributed by atoms with Gasteiger partial charge in [0.15, 0.2) is 0 Å². The molecule has 3 aromatic rings. The van der Waals surface area contributed by atoms with Gasteiger partial charge in [-0.25, -0.2) is 4.98 Å². The smallest absolute Gasteiger partial charge is 0.124 e. The topological polar surface area (TPSA) is 24.9 Å². The van der Waals surface area contributed by atoms with Crippen LogP contribution in [0.5, 0.6) is 0 Å². The second-order valence-corrected chi connectivity index (χ2v) is 6.15. The van der Waals surface area contributed by atoms with Gasteiger partial charge in [-0.2, -0.15) is 0 Å². The van der Waals surface area contributed by atoms with Crippen molar-refractivity contribution in [2.24, 2.45) is 0 Å². The Labute approximate surface area is 120 Å². The molecule has 0 atom stereocenters. The summed E-state index contributed by atoms with van der Waals surface area (Å²) in [6.07, 6.45) is 1.12. The number of nitrogens with zero attached hydrogens (tertiary/aromatic N) is 1. The van der Waals surface area contributed by atoms with Crippen LogP contribution in [0.3, 0.4) is 0 Å². The second-order valence-electron chi connectivity index (χ2n) is 4.68. The van der Waals surface area contributed by atoms with Crippen LogP contribution < -0.4 is 5.32 Å². The van der Waals surface area contributed by atoms with E-state index in [-0.39, 0.29) is 0 Å². The summed E-state index contributed by atoms with van der Waals surface area (Å²) in [6, 6.07) is 12.4. The highest BCUT2D eigenvalue weighted by molar-refractivity contribution is 7.21. The molecule has 0 bridgehead atoms. The van der Waals surface area contributed by atoms with Crippen LogP contribution in [0, 0.1) is 0 Å². The SMILES string of the molecule is Clc1ccc2sc(-c3ccc4c(c3)NCC4)nc2c1. The first-order valence-electron chi connectivity index (χ1n) is 6.23. The number of halogens is 1. The lowest BCUT2D eigenvalue weighted by Gasteiger charge is -2.01. The Morgan fingerprint density at radius 1 is 1.16 bits per heavy atom. The fraction of sp³-hybridized carbons (Fsp3) is 0.133. The number of thiazole rings is 1. The van der Waals surface area contributed by atoms with Crippen molar-refractivity contribution in [2.75, 3.05) is 11.9 Å². The number of hydrogen-bond donors (Lipinski definition) is 1. The predicted molar refractivity (Wildman–Crippen MR) is 82.3 cm³/mol. The van der Waals surface area contributed by atoms with Gasteiger partial charge in [-0.05, 0) is 36.2 Å². The molecule has 0 spiro atoms. The van der Waals surface area contributed by atoms with Crippen LogP contribution in [0.15, 0.2) is 36.4 Å². The third-order valence-corrected chi connectivity index (χ3v) is 4.74. The van der Waals surface area contributed by atoms with Crippen LogP contribution >= 0.6 is 22.9 Å². The van der Waals surface area contributed by atoms with Gasteiger partial charge in [0.05, 0.1) is 10.2 Å². The number of nitrogens with one attached hydrogen (secondary N) is 1. The quantitative estimate of drug-likeness (QED) is 0.708. The summed E-state index contributed by atoms with van der Waals surface area (Å²) in [4.78, 5) is 4.68. The van der Waals surface area contributed by atoms with Gasteiger partial charge in [-0.3, -0.25) is 0 Å². The summed E-state index contributed by atoms with van der Waals surface area (Å²) in [6.45, 7) is 1.04. The van der Waals surface area contributed by atoms with Gasteiger partial charge >= 0.3 is 0 Å². The van der Waals surface area contributed by atoms with E-state index >= 15 is 0 Å². The van der Waals surface area contributed by atoms with E-state index in [9.17, 15) is 0 Å². The highest BCUT2D eigenvalue weighted by atomic mass is 35.5. The molecular formula is C15H11ClN2S. The van der Waals surface area contributed by atoms with Crippen molar-refractivity contribution in [3.05, 3.63) is 47.0 Å². The zero-order chi connectivity index (χ0) is 12.8. The van der Waals surface area contributed by atoms with E-state index in [0.717, 1.165) is 28.5 Å². The molecule has 2 heterocycles. The van der Waals surface area contributed by atoms with Crippen LogP contribution in [-0.2, 0) is 6.42 Å². The number of anilines is 1. The molecule has 1 aliphatic rings. The van der Waals surface area contributed by atoms with Crippen molar-refractivity contribution >= 4 is 38.8 Å². The molecule has 4 rings (SSSR count). The van der Waals surface area contributed by atoms with E-state index in [2.05, 4.69) is 28.5 Å². The molecule has 2 aromatic carbocycles. The maximum atomic E-state index is 6.01. The lowest BCUT2D eigenvalue weighted by Crippen LogP contribution is -1.90. The maximum Gasteiger partial charge on any atom is 0.124 e. The second kappa shape index (κ2) is 4.22. The van der Waals surface area contributed by atoms with Gasteiger partial charge in [-0.15, -0.1) is 11.3 Å². The van der Waals surface area contributed by atoms with Crippen LogP contribution in [0.25, 0.3) is 20.8 Å². The third-order valence-electron chi connectivity index (χ3n) is 3.42. The number of rotatable bonds is 1. The fourth-order valence-electron chi connectivity index (χ4n) is 2.45. The zero-order valence-electron chi connectivity index (χ0n) is 10.1. The Balaban J connectivity index is 1.85. The molecule has 2 nitrogen and oxygen atoms in total. The Kier molecular flexibility index (Phi) is 2.50. The summed E-state index contributed by atoms with van der Waals surface area (Å²) < 4.78 is 1.17. The Bertz CT molecular complexity index is 779. The van der Waals surface area contributed by atoms with Gasteiger partial charge in [0.1, 0.15) is 5.01 Å². The summed E-state index contributed by atoms with van der Waals surface area (Å²) in [5.74, 6) is 0. The Morgan fingerprint density at radius 2 is 2.11 bits per heavy atom. The van der Waals surface area contributed by atoms with Gasteiger partial charge < -0.3 is 5.32 Å². The molecule has 0 saturated carbocycles. The predicted octanol–water partition coefficient (Wildman–Crippen LogP) is 4.58. The minimum Gasteiger partial charge on any atom is -0.384 e. The average molecular weight is 287 g/mol. The molecule has 4 heteroatoms. The van der Waals surface area contributed by atoms with Crippen LogP contribution in [0.1, 0.15) is 5.56 Å². The van der Waals surface area contributed by atoms with Crippen molar-refractivity contribution in [1.82, 2.24) is 4.98 Å². The lowest BCUT2D eigenvalue weighted by molar-refractivity contribution is 1.11. The molecule has 0 aliphatic carbocycles. The lowest BCUT2D eigenvalue weighted by atomic mass is 10.1. The number of fused-ring (bicyclic) bond motifs is 2. The van der Waals surface area contributed by atoms with Gasteiger partial charge in [0, 0.05) is 22.8 Å². The van der Waals surface area contributed by atoms with Crippen molar-refractivity contribution in [3.63, 3.8) is 0 Å². The molecule has 0 amide bonds. The summed E-state index contributed by atoms with van der Waals surface area (Å²) in [5, 5.41) is 5.19. The zero-order valence-corrected chi connectivity index (χ0v) is 11.7. The molecular weight excluding hydrogens is 276 g/mol. The van der Waals surface area contributed by atoms with Gasteiger partial charge in [-0.1, -0.05) is 23.7 Å². The van der Waals surface area contributed by atoms with E-state index in [1.165, 1.54) is 21.5 Å². The van der Waals surface area contributed by atoms with Crippen molar-refractivity contribution in [1.29, 1.82) is 0 Å². The van der Waals surface area contributed by atoms with Crippen molar-refractivity contribution in [2.45, 2.75) is 6.42 Å². The average Bonchev–Trinajstić information content (AvgIpc) is 3.02. The van der Waals surface area contributed by atoms with Crippen LogP contribution in [0.4, 0.5) is 5.69 Å².